The lowest BCUT2D eigenvalue weighted by Crippen LogP contribution is -2.51. The van der Waals surface area contributed by atoms with Crippen molar-refractivity contribution in [2.24, 2.45) is 0 Å². The predicted octanol–water partition coefficient (Wildman–Crippen LogP) is 3.68. The number of carbonyl (C=O) groups excluding carboxylic acids is 1. The number of ether oxygens (including phenoxy) is 2. The molecule has 0 N–H and O–H groups in total. The molecule has 8 nitrogen and oxygen atoms in total. The Morgan fingerprint density at radius 3 is 2.35 bits per heavy atom. The Kier molecular flexibility index (Phi) is 7.18. The molecule has 1 unspecified atom stereocenters. The van der Waals surface area contributed by atoms with E-state index < -0.39 is 0 Å². The zero-order valence-electron chi connectivity index (χ0n) is 21.0. The quantitative estimate of drug-likeness (QED) is 0.387. The fourth-order valence-electron chi connectivity index (χ4n) is 4.75. The number of para-hydroxylation sites is 4. The van der Waals surface area contributed by atoms with Crippen LogP contribution in [0.15, 0.2) is 83.7 Å². The lowest BCUT2D eigenvalue weighted by atomic mass is 10.1. The van der Waals surface area contributed by atoms with Gasteiger partial charge in [0.15, 0.2) is 6.61 Å². The number of rotatable bonds is 7. The molecule has 37 heavy (non-hydrogen) atoms. The van der Waals surface area contributed by atoms with Crippen molar-refractivity contribution >= 4 is 16.8 Å². The second-order valence-corrected chi connectivity index (χ2v) is 8.99. The molecule has 1 atom stereocenters. The number of carbonyl (C=O) groups is 1. The molecule has 1 amide bonds. The normalized spacial score (nSPS) is 14.9. The lowest BCUT2D eigenvalue weighted by molar-refractivity contribution is -0.135. The number of hydrogen-bond donors (Lipinski definition) is 0. The standard InChI is InChI=1S/C29H30N4O4/c1-21(31-16-18-32(19-17-31)27(34)20-37-22-10-4-3-5-11-22)28-30-24-13-7-6-12-23(24)29(35)33(28)25-14-8-9-15-26(25)36-2/h3-15,21H,16-20H2,1-2H3. The minimum absolute atomic E-state index is 0.0130. The van der Waals surface area contributed by atoms with Crippen LogP contribution in [0.3, 0.4) is 0 Å². The second kappa shape index (κ2) is 10.8. The number of hydrogen-bond acceptors (Lipinski definition) is 6. The first-order valence-electron chi connectivity index (χ1n) is 12.4. The van der Waals surface area contributed by atoms with E-state index in [2.05, 4.69) is 11.8 Å². The Bertz CT molecular complexity index is 1450. The lowest BCUT2D eigenvalue weighted by Gasteiger charge is -2.38. The van der Waals surface area contributed by atoms with E-state index >= 15 is 0 Å². The van der Waals surface area contributed by atoms with Crippen LogP contribution in [0, 0.1) is 0 Å². The summed E-state index contributed by atoms with van der Waals surface area (Å²) in [4.78, 5) is 35.5. The van der Waals surface area contributed by atoms with E-state index in [0.717, 1.165) is 0 Å². The number of fused-ring (bicyclic) bond motifs is 1. The SMILES string of the molecule is COc1ccccc1-n1c(C(C)N2CCN(C(=O)COc3ccccc3)CC2)nc2ccccc2c1=O. The summed E-state index contributed by atoms with van der Waals surface area (Å²) in [5, 5.41) is 0.554. The Hall–Kier alpha value is -4.17. The highest BCUT2D eigenvalue weighted by molar-refractivity contribution is 5.78. The third kappa shape index (κ3) is 5.06. The van der Waals surface area contributed by atoms with Crippen LogP contribution >= 0.6 is 0 Å². The summed E-state index contributed by atoms with van der Waals surface area (Å²) in [6, 6.07) is 24.0. The van der Waals surface area contributed by atoms with Gasteiger partial charge in [0.05, 0.1) is 29.7 Å². The molecular formula is C29H30N4O4. The van der Waals surface area contributed by atoms with Gasteiger partial charge in [-0.3, -0.25) is 19.1 Å². The van der Waals surface area contributed by atoms with Crippen molar-refractivity contribution < 1.29 is 14.3 Å². The molecule has 0 bridgehead atoms. The maximum atomic E-state index is 13.7. The number of aromatic nitrogens is 2. The van der Waals surface area contributed by atoms with Crippen LogP contribution in [-0.2, 0) is 4.79 Å². The molecule has 190 valence electrons. The molecule has 8 heteroatoms. The molecule has 2 heterocycles. The highest BCUT2D eigenvalue weighted by atomic mass is 16.5. The molecular weight excluding hydrogens is 468 g/mol. The van der Waals surface area contributed by atoms with Gasteiger partial charge in [-0.25, -0.2) is 4.98 Å². The first-order valence-corrected chi connectivity index (χ1v) is 12.4. The number of methoxy groups -OCH3 is 1. The van der Waals surface area contributed by atoms with E-state index in [-0.39, 0.29) is 24.1 Å². The van der Waals surface area contributed by atoms with Crippen LogP contribution in [0.1, 0.15) is 18.8 Å². The average Bonchev–Trinajstić information content (AvgIpc) is 2.96. The van der Waals surface area contributed by atoms with Crippen molar-refractivity contribution in [3.8, 4) is 17.2 Å². The zero-order chi connectivity index (χ0) is 25.8. The van der Waals surface area contributed by atoms with Gasteiger partial charge in [0.25, 0.3) is 11.5 Å². The average molecular weight is 499 g/mol. The third-order valence-corrected chi connectivity index (χ3v) is 6.82. The molecule has 1 aliphatic rings. The summed E-state index contributed by atoms with van der Waals surface area (Å²) in [7, 11) is 1.60. The van der Waals surface area contributed by atoms with E-state index in [9.17, 15) is 9.59 Å². The van der Waals surface area contributed by atoms with Gasteiger partial charge in [-0.15, -0.1) is 0 Å². The highest BCUT2D eigenvalue weighted by Crippen LogP contribution is 2.28. The fraction of sp³-hybridized carbons (Fsp3) is 0.276. The van der Waals surface area contributed by atoms with Gasteiger partial charge in [0, 0.05) is 26.2 Å². The van der Waals surface area contributed by atoms with Crippen molar-refractivity contribution in [3.63, 3.8) is 0 Å². The van der Waals surface area contributed by atoms with Gasteiger partial charge in [-0.2, -0.15) is 0 Å². The molecule has 0 saturated carbocycles. The molecule has 1 aromatic heterocycles. The summed E-state index contributed by atoms with van der Waals surface area (Å²) < 4.78 is 12.9. The zero-order valence-corrected chi connectivity index (χ0v) is 21.0. The topological polar surface area (TPSA) is 76.9 Å². The molecule has 0 aliphatic carbocycles. The molecule has 1 saturated heterocycles. The summed E-state index contributed by atoms with van der Waals surface area (Å²) in [6.07, 6.45) is 0. The van der Waals surface area contributed by atoms with E-state index in [1.807, 2.05) is 77.7 Å². The highest BCUT2D eigenvalue weighted by Gasteiger charge is 2.28. The Morgan fingerprint density at radius 1 is 0.919 bits per heavy atom. The number of benzene rings is 3. The molecule has 5 rings (SSSR count). The van der Waals surface area contributed by atoms with Crippen LogP contribution < -0.4 is 15.0 Å². The molecule has 0 radical (unpaired) electrons. The van der Waals surface area contributed by atoms with E-state index in [0.29, 0.717) is 60.1 Å². The Labute approximate surface area is 215 Å². The van der Waals surface area contributed by atoms with Gasteiger partial charge >= 0.3 is 0 Å². The Balaban J connectivity index is 1.38. The maximum absolute atomic E-state index is 13.7. The van der Waals surface area contributed by atoms with Gasteiger partial charge in [-0.05, 0) is 43.3 Å². The summed E-state index contributed by atoms with van der Waals surface area (Å²) in [5.74, 6) is 1.88. The molecule has 1 aliphatic heterocycles. The van der Waals surface area contributed by atoms with Crippen LogP contribution in [0.5, 0.6) is 11.5 Å². The summed E-state index contributed by atoms with van der Waals surface area (Å²) >= 11 is 0. The van der Waals surface area contributed by atoms with E-state index in [1.165, 1.54) is 0 Å². The predicted molar refractivity (Wildman–Crippen MR) is 142 cm³/mol. The summed E-state index contributed by atoms with van der Waals surface area (Å²) in [6.45, 7) is 4.54. The third-order valence-electron chi connectivity index (χ3n) is 6.82. The summed E-state index contributed by atoms with van der Waals surface area (Å²) in [5.41, 5.74) is 1.18. The van der Waals surface area contributed by atoms with Crippen molar-refractivity contribution in [3.05, 3.63) is 95.0 Å². The number of amides is 1. The minimum atomic E-state index is -0.167. The van der Waals surface area contributed by atoms with Gasteiger partial charge in [0.2, 0.25) is 0 Å². The van der Waals surface area contributed by atoms with Crippen LogP contribution in [0.4, 0.5) is 0 Å². The monoisotopic (exact) mass is 498 g/mol. The van der Waals surface area contributed by atoms with Crippen molar-refractivity contribution in [1.29, 1.82) is 0 Å². The smallest absolute Gasteiger partial charge is 0.266 e. The van der Waals surface area contributed by atoms with Crippen LogP contribution in [0.25, 0.3) is 16.6 Å². The van der Waals surface area contributed by atoms with Crippen LogP contribution in [-0.4, -0.2) is 65.2 Å². The van der Waals surface area contributed by atoms with Gasteiger partial charge in [-0.1, -0.05) is 42.5 Å². The minimum Gasteiger partial charge on any atom is -0.495 e. The first-order chi connectivity index (χ1) is 18.1. The van der Waals surface area contributed by atoms with Gasteiger partial charge in [0.1, 0.15) is 17.3 Å². The molecule has 4 aromatic rings. The van der Waals surface area contributed by atoms with Crippen LogP contribution in [0.2, 0.25) is 0 Å². The van der Waals surface area contributed by atoms with Crippen molar-refractivity contribution in [1.82, 2.24) is 19.4 Å². The molecule has 1 fully saturated rings. The van der Waals surface area contributed by atoms with E-state index in [1.54, 1.807) is 17.7 Å². The number of piperazine rings is 1. The van der Waals surface area contributed by atoms with E-state index in [4.69, 9.17) is 14.5 Å². The van der Waals surface area contributed by atoms with Crippen molar-refractivity contribution in [2.75, 3.05) is 39.9 Å². The fourth-order valence-corrected chi connectivity index (χ4v) is 4.75. The first kappa shape index (κ1) is 24.5. The largest absolute Gasteiger partial charge is 0.495 e. The number of nitrogens with zero attached hydrogens (tertiary/aromatic N) is 4. The van der Waals surface area contributed by atoms with Crippen molar-refractivity contribution in [2.45, 2.75) is 13.0 Å². The Morgan fingerprint density at radius 2 is 1.59 bits per heavy atom. The molecule has 0 spiro atoms. The maximum Gasteiger partial charge on any atom is 0.266 e. The second-order valence-electron chi connectivity index (χ2n) is 8.99. The molecule has 3 aromatic carbocycles. The van der Waals surface area contributed by atoms with Gasteiger partial charge < -0.3 is 14.4 Å².